The van der Waals surface area contributed by atoms with Crippen molar-refractivity contribution in [3.63, 3.8) is 0 Å². The molecule has 0 heterocycles. The van der Waals surface area contributed by atoms with E-state index in [4.69, 9.17) is 5.73 Å². The number of nitrogens with two attached hydrogens (primary N) is 1. The maximum absolute atomic E-state index is 5.62. The third kappa shape index (κ3) is 4.05. The molecule has 0 saturated heterocycles. The summed E-state index contributed by atoms with van der Waals surface area (Å²) in [5.41, 5.74) is 6.46. The van der Waals surface area contributed by atoms with Gasteiger partial charge in [0.1, 0.15) is 0 Å². The molecular formula is C12H19NS. The van der Waals surface area contributed by atoms with Gasteiger partial charge in [-0.2, -0.15) is 0 Å². The molecular weight excluding hydrogens is 190 g/mol. The normalized spacial score (nSPS) is 12.7. The molecule has 2 heteroatoms. The molecule has 0 saturated carbocycles. The minimum atomic E-state index is 0.808. The lowest BCUT2D eigenvalue weighted by Gasteiger charge is -2.09. The van der Waals surface area contributed by atoms with Crippen molar-refractivity contribution in [2.75, 3.05) is 11.5 Å². The van der Waals surface area contributed by atoms with Crippen LogP contribution in [0.2, 0.25) is 0 Å². The monoisotopic (exact) mass is 209 g/mol. The Labute approximate surface area is 91.1 Å². The highest BCUT2D eigenvalue weighted by Gasteiger charge is 2.01. The fraction of sp³-hybridized carbons (Fsp3) is 0.500. The van der Waals surface area contributed by atoms with Crippen LogP contribution in [0.3, 0.4) is 0 Å². The van der Waals surface area contributed by atoms with Crippen molar-refractivity contribution in [3.05, 3.63) is 24.3 Å². The summed E-state index contributed by atoms with van der Waals surface area (Å²) in [6.07, 6.45) is 2.60. The molecule has 1 atom stereocenters. The lowest BCUT2D eigenvalue weighted by atomic mass is 10.1. The zero-order valence-corrected chi connectivity index (χ0v) is 9.81. The lowest BCUT2D eigenvalue weighted by molar-refractivity contribution is 0.585. The summed E-state index contributed by atoms with van der Waals surface area (Å²) >= 11 is 1.92. The lowest BCUT2D eigenvalue weighted by Crippen LogP contribution is -1.96. The van der Waals surface area contributed by atoms with Gasteiger partial charge in [-0.25, -0.2) is 0 Å². The first-order valence-electron chi connectivity index (χ1n) is 5.20. The molecule has 0 aliphatic heterocycles. The van der Waals surface area contributed by atoms with Crippen LogP contribution in [0.5, 0.6) is 0 Å². The summed E-state index contributed by atoms with van der Waals surface area (Å²) in [6.45, 7) is 4.55. The Morgan fingerprint density at radius 2 is 1.93 bits per heavy atom. The molecule has 0 spiro atoms. The number of anilines is 1. The van der Waals surface area contributed by atoms with Crippen molar-refractivity contribution in [2.24, 2.45) is 5.92 Å². The highest BCUT2D eigenvalue weighted by Crippen LogP contribution is 2.23. The zero-order chi connectivity index (χ0) is 10.4. The Kier molecular flexibility index (Phi) is 4.88. The fourth-order valence-electron chi connectivity index (χ4n) is 1.38. The third-order valence-corrected chi connectivity index (χ3v) is 3.54. The molecule has 0 bridgehead atoms. The molecule has 1 unspecified atom stereocenters. The Hall–Kier alpha value is -0.630. The Morgan fingerprint density at radius 3 is 2.50 bits per heavy atom. The molecule has 1 aromatic carbocycles. The summed E-state index contributed by atoms with van der Waals surface area (Å²) in [5, 5.41) is 0. The molecule has 0 aromatic heterocycles. The van der Waals surface area contributed by atoms with Crippen LogP contribution in [0.15, 0.2) is 29.2 Å². The van der Waals surface area contributed by atoms with Gasteiger partial charge in [0.05, 0.1) is 0 Å². The van der Waals surface area contributed by atoms with Crippen molar-refractivity contribution in [2.45, 2.75) is 31.6 Å². The van der Waals surface area contributed by atoms with Gasteiger partial charge in [0.15, 0.2) is 0 Å². The zero-order valence-electron chi connectivity index (χ0n) is 8.99. The van der Waals surface area contributed by atoms with Gasteiger partial charge in [-0.3, -0.25) is 0 Å². The second-order valence-corrected chi connectivity index (χ2v) is 4.87. The van der Waals surface area contributed by atoms with E-state index in [1.807, 2.05) is 23.9 Å². The van der Waals surface area contributed by atoms with Gasteiger partial charge in [0, 0.05) is 16.3 Å². The fourth-order valence-corrected chi connectivity index (χ4v) is 2.35. The predicted molar refractivity (Wildman–Crippen MR) is 65.7 cm³/mol. The summed E-state index contributed by atoms with van der Waals surface area (Å²) in [7, 11) is 0. The maximum atomic E-state index is 5.62. The number of hydrogen-bond acceptors (Lipinski definition) is 2. The van der Waals surface area contributed by atoms with Crippen molar-refractivity contribution in [1.82, 2.24) is 0 Å². The van der Waals surface area contributed by atoms with Crippen LogP contribution in [0.4, 0.5) is 5.69 Å². The number of hydrogen-bond donors (Lipinski definition) is 1. The molecule has 0 aliphatic carbocycles. The molecule has 1 rings (SSSR count). The van der Waals surface area contributed by atoms with E-state index in [-0.39, 0.29) is 0 Å². The van der Waals surface area contributed by atoms with E-state index in [1.54, 1.807) is 0 Å². The average Bonchev–Trinajstić information content (AvgIpc) is 2.17. The van der Waals surface area contributed by atoms with E-state index in [0.717, 1.165) is 11.6 Å². The van der Waals surface area contributed by atoms with Crippen molar-refractivity contribution in [3.8, 4) is 0 Å². The third-order valence-electron chi connectivity index (χ3n) is 2.20. The summed E-state index contributed by atoms with van der Waals surface area (Å²) in [6, 6.07) is 8.12. The molecule has 1 aromatic rings. The molecule has 1 nitrogen and oxygen atoms in total. The smallest absolute Gasteiger partial charge is 0.0314 e. The van der Waals surface area contributed by atoms with Crippen LogP contribution < -0.4 is 5.73 Å². The summed E-state index contributed by atoms with van der Waals surface area (Å²) in [4.78, 5) is 1.32. The van der Waals surface area contributed by atoms with E-state index in [9.17, 15) is 0 Å². The van der Waals surface area contributed by atoms with Crippen molar-refractivity contribution >= 4 is 17.4 Å². The van der Waals surface area contributed by atoms with Crippen LogP contribution >= 0.6 is 11.8 Å². The molecule has 0 amide bonds. The SMILES string of the molecule is CCCC(C)CSc1ccc(N)cc1. The summed E-state index contributed by atoms with van der Waals surface area (Å²) in [5.74, 6) is 2.01. The predicted octanol–water partition coefficient (Wildman–Crippen LogP) is 3.80. The minimum absolute atomic E-state index is 0.808. The first-order chi connectivity index (χ1) is 6.72. The van der Waals surface area contributed by atoms with Gasteiger partial charge in [-0.15, -0.1) is 11.8 Å². The standard InChI is InChI=1S/C12H19NS/c1-3-4-10(2)9-14-12-7-5-11(13)6-8-12/h5-8,10H,3-4,9,13H2,1-2H3. The topological polar surface area (TPSA) is 26.0 Å². The van der Waals surface area contributed by atoms with Crippen LogP contribution in [-0.4, -0.2) is 5.75 Å². The van der Waals surface area contributed by atoms with E-state index < -0.39 is 0 Å². The highest BCUT2D eigenvalue weighted by atomic mass is 32.2. The molecule has 2 N–H and O–H groups in total. The highest BCUT2D eigenvalue weighted by molar-refractivity contribution is 7.99. The second-order valence-electron chi connectivity index (χ2n) is 3.77. The molecule has 14 heavy (non-hydrogen) atoms. The van der Waals surface area contributed by atoms with Gasteiger partial charge in [-0.1, -0.05) is 26.7 Å². The average molecular weight is 209 g/mol. The van der Waals surface area contributed by atoms with Crippen molar-refractivity contribution < 1.29 is 0 Å². The molecule has 0 radical (unpaired) electrons. The first-order valence-corrected chi connectivity index (χ1v) is 6.19. The van der Waals surface area contributed by atoms with Crippen LogP contribution in [0, 0.1) is 5.92 Å². The van der Waals surface area contributed by atoms with Gasteiger partial charge in [-0.05, 0) is 30.2 Å². The van der Waals surface area contributed by atoms with E-state index in [2.05, 4.69) is 26.0 Å². The summed E-state index contributed by atoms with van der Waals surface area (Å²) < 4.78 is 0. The van der Waals surface area contributed by atoms with Crippen LogP contribution in [0.25, 0.3) is 0 Å². The molecule has 78 valence electrons. The van der Waals surface area contributed by atoms with Gasteiger partial charge in [0.25, 0.3) is 0 Å². The second kappa shape index (κ2) is 5.97. The maximum Gasteiger partial charge on any atom is 0.0314 e. The molecule has 0 aliphatic rings. The Morgan fingerprint density at radius 1 is 1.29 bits per heavy atom. The largest absolute Gasteiger partial charge is 0.399 e. The van der Waals surface area contributed by atoms with E-state index in [1.165, 1.54) is 23.5 Å². The first kappa shape index (κ1) is 11.4. The van der Waals surface area contributed by atoms with Gasteiger partial charge in [0.2, 0.25) is 0 Å². The molecule has 0 fully saturated rings. The number of nitrogen functional groups attached to an aromatic ring is 1. The minimum Gasteiger partial charge on any atom is -0.399 e. The number of thioether (sulfide) groups is 1. The Balaban J connectivity index is 2.34. The van der Waals surface area contributed by atoms with Gasteiger partial charge < -0.3 is 5.73 Å². The van der Waals surface area contributed by atoms with Crippen molar-refractivity contribution in [1.29, 1.82) is 0 Å². The van der Waals surface area contributed by atoms with E-state index in [0.29, 0.717) is 0 Å². The van der Waals surface area contributed by atoms with E-state index >= 15 is 0 Å². The Bertz CT molecular complexity index is 256. The quantitative estimate of drug-likeness (QED) is 0.589. The number of rotatable bonds is 5. The van der Waals surface area contributed by atoms with Crippen LogP contribution in [0.1, 0.15) is 26.7 Å². The van der Waals surface area contributed by atoms with Gasteiger partial charge >= 0.3 is 0 Å². The number of benzene rings is 1. The van der Waals surface area contributed by atoms with Crippen LogP contribution in [-0.2, 0) is 0 Å².